The third kappa shape index (κ3) is 79.6. The lowest BCUT2D eigenvalue weighted by atomic mass is 10.0. The summed E-state index contributed by atoms with van der Waals surface area (Å²) < 4.78 is 34.8. The zero-order valence-corrected chi connectivity index (χ0v) is 63.8. The van der Waals surface area contributed by atoms with Gasteiger partial charge in [-0.3, -0.25) is 18.6 Å². The SMILES string of the molecule is CC/C=C\C/C=C\C/C=C\C/C=C\C/C=C\C/C=C\C/C=C\C/C=C\C/C=C\CCCCCCCC(=O)OC(COC(=O)CCCCCCCCCCCCCCCCCC/C=C\C/C=C\C/C=C\C/C=C\C/C=C\C/C=C\C/C=C\C/C=C\CC)COP(=O)(O)OCC[N+](C)(C)C. The van der Waals surface area contributed by atoms with Gasteiger partial charge in [-0.25, -0.2) is 4.57 Å². The number of allylic oxidation sites excluding steroid dienone is 34. The molecular weight excluding hydrogens is 1230 g/mol. The molecule has 0 aliphatic heterocycles. The van der Waals surface area contributed by atoms with Crippen LogP contribution < -0.4 is 0 Å². The Kier molecular flexibility index (Phi) is 71.6. The quantitative estimate of drug-likeness (QED) is 0.0211. The van der Waals surface area contributed by atoms with Crippen LogP contribution in [0.3, 0.4) is 0 Å². The molecule has 0 fully saturated rings. The van der Waals surface area contributed by atoms with Crippen molar-refractivity contribution in [1.82, 2.24) is 0 Å². The van der Waals surface area contributed by atoms with E-state index in [4.69, 9.17) is 18.5 Å². The molecule has 0 aromatic heterocycles. The van der Waals surface area contributed by atoms with Gasteiger partial charge in [0.2, 0.25) is 0 Å². The number of carbonyl (C=O) groups excluding carboxylic acids is 2. The van der Waals surface area contributed by atoms with Crippen LogP contribution in [-0.2, 0) is 32.7 Å². The molecule has 0 bridgehead atoms. The van der Waals surface area contributed by atoms with Crippen LogP contribution in [0.5, 0.6) is 0 Å². The van der Waals surface area contributed by atoms with Crippen molar-refractivity contribution in [2.45, 2.75) is 290 Å². The molecule has 0 saturated heterocycles. The number of quaternary nitrogens is 1. The average molecular weight is 1370 g/mol. The van der Waals surface area contributed by atoms with Crippen molar-refractivity contribution in [2.75, 3.05) is 47.5 Å². The number of nitrogens with zero attached hydrogens (tertiary/aromatic N) is 1. The molecule has 0 aromatic carbocycles. The van der Waals surface area contributed by atoms with E-state index in [-0.39, 0.29) is 32.0 Å². The normalized spacial score (nSPS) is 14.2. The van der Waals surface area contributed by atoms with Crippen LogP contribution in [0.25, 0.3) is 0 Å². The molecule has 0 saturated carbocycles. The first-order valence-corrected chi connectivity index (χ1v) is 40.3. The molecule has 0 spiro atoms. The highest BCUT2D eigenvalue weighted by atomic mass is 31.2. The zero-order chi connectivity index (χ0) is 71.1. The van der Waals surface area contributed by atoms with Gasteiger partial charge in [0.1, 0.15) is 19.8 Å². The number of likely N-dealkylation sites (N-methyl/N-ethyl adjacent to an activating group) is 1. The highest BCUT2D eigenvalue weighted by Gasteiger charge is 2.27. The molecular formula is C88H143NO8P+. The Morgan fingerprint density at radius 3 is 0.816 bits per heavy atom. The Balaban J connectivity index is 4.09. The van der Waals surface area contributed by atoms with Gasteiger partial charge in [0.15, 0.2) is 6.10 Å². The highest BCUT2D eigenvalue weighted by molar-refractivity contribution is 7.47. The molecule has 0 aromatic rings. The fourth-order valence-corrected chi connectivity index (χ4v) is 10.7. The summed E-state index contributed by atoms with van der Waals surface area (Å²) >= 11 is 0. The van der Waals surface area contributed by atoms with Crippen LogP contribution in [0, 0.1) is 0 Å². The van der Waals surface area contributed by atoms with Crippen molar-refractivity contribution < 1.29 is 42.1 Å². The fraction of sp³-hybridized carbons (Fsp3) is 0.591. The summed E-state index contributed by atoms with van der Waals surface area (Å²) in [5.41, 5.74) is 0. The van der Waals surface area contributed by atoms with E-state index in [2.05, 4.69) is 220 Å². The summed E-state index contributed by atoms with van der Waals surface area (Å²) in [4.78, 5) is 36.0. The van der Waals surface area contributed by atoms with Gasteiger partial charge >= 0.3 is 19.8 Å². The van der Waals surface area contributed by atoms with Crippen LogP contribution in [0.1, 0.15) is 284 Å². The highest BCUT2D eigenvalue weighted by Crippen LogP contribution is 2.43. The van der Waals surface area contributed by atoms with E-state index >= 15 is 0 Å². The molecule has 0 radical (unpaired) electrons. The summed E-state index contributed by atoms with van der Waals surface area (Å²) in [5.74, 6) is -0.828. The van der Waals surface area contributed by atoms with Gasteiger partial charge in [-0.2, -0.15) is 0 Å². The van der Waals surface area contributed by atoms with Gasteiger partial charge in [0, 0.05) is 12.8 Å². The minimum Gasteiger partial charge on any atom is -0.462 e. The molecule has 0 rings (SSSR count). The first kappa shape index (κ1) is 92.6. The largest absolute Gasteiger partial charge is 0.472 e. The number of hydrogen-bond acceptors (Lipinski definition) is 7. The number of phosphoric acid groups is 1. The molecule has 0 aliphatic carbocycles. The van der Waals surface area contributed by atoms with E-state index in [0.717, 1.165) is 161 Å². The van der Waals surface area contributed by atoms with Gasteiger partial charge in [-0.1, -0.05) is 330 Å². The van der Waals surface area contributed by atoms with Crippen LogP contribution in [0.15, 0.2) is 207 Å². The lowest BCUT2D eigenvalue weighted by Gasteiger charge is -2.24. The Labute approximate surface area is 602 Å². The Morgan fingerprint density at radius 2 is 0.551 bits per heavy atom. The van der Waals surface area contributed by atoms with Gasteiger partial charge in [0.05, 0.1) is 27.7 Å². The fourth-order valence-electron chi connectivity index (χ4n) is 9.97. The van der Waals surface area contributed by atoms with Crippen LogP contribution >= 0.6 is 7.82 Å². The summed E-state index contributed by atoms with van der Waals surface area (Å²) in [6.07, 6.45) is 119. The minimum absolute atomic E-state index is 0.0179. The number of phosphoric ester groups is 1. The maximum Gasteiger partial charge on any atom is 0.472 e. The second kappa shape index (κ2) is 75.8. The van der Waals surface area contributed by atoms with Gasteiger partial charge < -0.3 is 18.9 Å². The second-order valence-electron chi connectivity index (χ2n) is 26.3. The minimum atomic E-state index is -4.41. The summed E-state index contributed by atoms with van der Waals surface area (Å²) in [6, 6.07) is 0. The van der Waals surface area contributed by atoms with E-state index in [0.29, 0.717) is 17.4 Å². The number of carbonyl (C=O) groups is 2. The number of hydrogen-bond donors (Lipinski definition) is 1. The number of esters is 2. The molecule has 0 heterocycles. The van der Waals surface area contributed by atoms with Crippen LogP contribution in [0.2, 0.25) is 0 Å². The molecule has 1 N–H and O–H groups in total. The maximum absolute atomic E-state index is 12.9. The molecule has 552 valence electrons. The van der Waals surface area contributed by atoms with Gasteiger partial charge in [-0.05, 0) is 148 Å². The van der Waals surface area contributed by atoms with E-state index in [1.165, 1.54) is 89.9 Å². The van der Waals surface area contributed by atoms with E-state index in [1.807, 2.05) is 21.1 Å². The molecule has 2 atom stereocenters. The Hall–Kier alpha value is -5.41. The predicted octanol–water partition coefficient (Wildman–Crippen LogP) is 26.2. The topological polar surface area (TPSA) is 108 Å². The molecule has 9 nitrogen and oxygen atoms in total. The number of unbranched alkanes of at least 4 members (excludes halogenated alkanes) is 21. The lowest BCUT2D eigenvalue weighted by Crippen LogP contribution is -2.37. The summed E-state index contributed by atoms with van der Waals surface area (Å²) in [5, 5.41) is 0. The van der Waals surface area contributed by atoms with Crippen molar-refractivity contribution in [3.05, 3.63) is 207 Å². The summed E-state index contributed by atoms with van der Waals surface area (Å²) in [7, 11) is 1.44. The lowest BCUT2D eigenvalue weighted by molar-refractivity contribution is -0.870. The van der Waals surface area contributed by atoms with Gasteiger partial charge in [-0.15, -0.1) is 0 Å². The monoisotopic (exact) mass is 1370 g/mol. The first-order chi connectivity index (χ1) is 48.0. The second-order valence-corrected chi connectivity index (χ2v) is 27.7. The Bertz CT molecular complexity index is 2410. The van der Waals surface area contributed by atoms with E-state index < -0.39 is 26.5 Å². The molecule has 10 heteroatoms. The first-order valence-electron chi connectivity index (χ1n) is 38.8. The van der Waals surface area contributed by atoms with Gasteiger partial charge in [0.25, 0.3) is 0 Å². The summed E-state index contributed by atoms with van der Waals surface area (Å²) in [6.45, 7) is 4.17. The smallest absolute Gasteiger partial charge is 0.462 e. The number of ether oxygens (including phenoxy) is 2. The van der Waals surface area contributed by atoms with Crippen LogP contribution in [-0.4, -0.2) is 74.9 Å². The van der Waals surface area contributed by atoms with Crippen molar-refractivity contribution in [3.63, 3.8) is 0 Å². The zero-order valence-electron chi connectivity index (χ0n) is 62.9. The predicted molar refractivity (Wildman–Crippen MR) is 426 cm³/mol. The molecule has 2 unspecified atom stereocenters. The van der Waals surface area contributed by atoms with Crippen molar-refractivity contribution >= 4 is 19.8 Å². The molecule has 0 amide bonds. The molecule has 0 aliphatic rings. The third-order valence-corrected chi connectivity index (χ3v) is 16.8. The van der Waals surface area contributed by atoms with Crippen molar-refractivity contribution in [2.24, 2.45) is 0 Å². The molecule has 98 heavy (non-hydrogen) atoms. The standard InChI is InChI=1S/C88H142NO8P/c1-6-8-10-12-14-16-18-20-22-24-26-28-30-32-34-36-38-40-41-42-43-44-45-46-47-49-50-52-54-56-58-60-62-64-66-68-70-72-74-76-78-80-87(90)94-84-86(85-96-98(92,93)95-83-82-89(3,4)5)97-88(91)81-79-77-75-73-71-69-67-65-63-61-59-57-55-53-51-48-39-37-35-33-31-29-27-25-23-21-19-17-15-13-11-9-7-2/h8-11,14-17,20-23,26-29,32-35,38-40,42-43,45-46,48,53,55,59,61,65,67,86H,6-7,12-13,18-19,24-25,30-31,36-37,41,44,47,49-52,54,56-58,60,62-64,66,68-85H2,1-5H3/p+1/b10-8-,11-9-,16-14-,17-15-,22-20-,23-21-,28-26-,29-27-,34-32-,35-33-,40-38-,43-42-,46-45-,48-39-,55-53-,61-59-,67-65-. The third-order valence-electron chi connectivity index (χ3n) is 15.8. The average Bonchev–Trinajstić information content (AvgIpc) is 1.08. The van der Waals surface area contributed by atoms with E-state index in [1.54, 1.807) is 0 Å². The van der Waals surface area contributed by atoms with Crippen molar-refractivity contribution in [1.29, 1.82) is 0 Å². The maximum atomic E-state index is 12.9. The van der Waals surface area contributed by atoms with E-state index in [9.17, 15) is 19.0 Å². The van der Waals surface area contributed by atoms with Crippen molar-refractivity contribution in [3.8, 4) is 0 Å². The van der Waals surface area contributed by atoms with Crippen LogP contribution in [0.4, 0.5) is 0 Å². The number of rotatable bonds is 69. The Morgan fingerprint density at radius 1 is 0.316 bits per heavy atom.